The first kappa shape index (κ1) is 5.92. The van der Waals surface area contributed by atoms with Crippen LogP contribution < -0.4 is 5.32 Å². The van der Waals surface area contributed by atoms with E-state index in [2.05, 4.69) is 10.1 Å². The van der Waals surface area contributed by atoms with Crippen LogP contribution in [0, 0.1) is 7.05 Å². The molecule has 0 fully saturated rings. The highest BCUT2D eigenvalue weighted by molar-refractivity contribution is 4.36. The second kappa shape index (κ2) is 4.92. The van der Waals surface area contributed by atoms with Crippen molar-refractivity contribution in [1.82, 2.24) is 5.32 Å². The molecule has 0 saturated heterocycles. The van der Waals surface area contributed by atoms with Crippen LogP contribution in [0.15, 0.2) is 0 Å². The van der Waals surface area contributed by atoms with E-state index in [9.17, 15) is 0 Å². The van der Waals surface area contributed by atoms with E-state index in [1.807, 2.05) is 0 Å². The molecule has 0 aromatic rings. The zero-order valence-electron chi connectivity index (χ0n) is 3.90. The normalized spacial score (nSPS) is 9.00. The molecule has 0 aliphatic heterocycles. The maximum atomic E-state index is 4.88. The molecule has 0 aliphatic carbocycles. The number of methoxy groups -OCH3 is 1. The fourth-order valence-corrected chi connectivity index (χ4v) is 0.161. The van der Waals surface area contributed by atoms with Crippen molar-refractivity contribution in [2.45, 2.75) is 0 Å². The molecule has 2 heteroatoms. The Balaban J connectivity index is 2.34. The Morgan fingerprint density at radius 3 is 2.67 bits per heavy atom. The summed E-state index contributed by atoms with van der Waals surface area (Å²) in [5, 5.41) is 2.44. The highest BCUT2D eigenvalue weighted by Crippen LogP contribution is 1.58. The Hall–Kier alpha value is -0.0800. The van der Waals surface area contributed by atoms with E-state index in [-0.39, 0.29) is 0 Å². The minimum Gasteiger partial charge on any atom is -0.383 e. The minimum atomic E-state index is 0.677. The van der Waals surface area contributed by atoms with Crippen LogP contribution >= 0.6 is 0 Å². The van der Waals surface area contributed by atoms with E-state index < -0.39 is 0 Å². The van der Waals surface area contributed by atoms with Crippen molar-refractivity contribution in [2.75, 3.05) is 20.3 Å². The van der Waals surface area contributed by atoms with E-state index in [4.69, 9.17) is 7.05 Å². The summed E-state index contributed by atoms with van der Waals surface area (Å²) < 4.78 is 4.64. The van der Waals surface area contributed by atoms with Gasteiger partial charge in [-0.1, -0.05) is 0 Å². The van der Waals surface area contributed by atoms with Crippen LogP contribution in [-0.4, -0.2) is 20.3 Å². The Morgan fingerprint density at radius 1 is 1.83 bits per heavy atom. The second-order valence-electron chi connectivity index (χ2n) is 0.947. The first-order valence-electron chi connectivity index (χ1n) is 1.84. The van der Waals surface area contributed by atoms with E-state index in [1.54, 1.807) is 7.11 Å². The summed E-state index contributed by atoms with van der Waals surface area (Å²) in [5.74, 6) is 0. The molecule has 0 atom stereocenters. The maximum Gasteiger partial charge on any atom is 0.0587 e. The van der Waals surface area contributed by atoms with Crippen molar-refractivity contribution in [3.8, 4) is 0 Å². The molecule has 2 nitrogen and oxygen atoms in total. The SMILES string of the molecule is [CH]NCCOC. The molecule has 0 heterocycles. The first-order chi connectivity index (χ1) is 2.91. The second-order valence-corrected chi connectivity index (χ2v) is 0.947. The van der Waals surface area contributed by atoms with Crippen molar-refractivity contribution in [2.24, 2.45) is 0 Å². The molecular weight excluding hydrogens is 78.0 g/mol. The summed E-state index contributed by atoms with van der Waals surface area (Å²) in [6.07, 6.45) is 0. The van der Waals surface area contributed by atoms with Gasteiger partial charge in [0.15, 0.2) is 0 Å². The number of hydrogen-bond donors (Lipinski definition) is 1. The number of rotatable bonds is 3. The van der Waals surface area contributed by atoms with Crippen LogP contribution in [0.25, 0.3) is 0 Å². The first-order valence-corrected chi connectivity index (χ1v) is 1.84. The van der Waals surface area contributed by atoms with Gasteiger partial charge >= 0.3 is 0 Å². The smallest absolute Gasteiger partial charge is 0.0587 e. The third-order valence-electron chi connectivity index (χ3n) is 0.451. The standard InChI is InChI=1S/C4H9NO/c1-5-3-4-6-2/h1,5H,3-4H2,2H3. The van der Waals surface area contributed by atoms with Crippen molar-refractivity contribution in [3.05, 3.63) is 7.05 Å². The quantitative estimate of drug-likeness (QED) is 0.383. The summed E-state index contributed by atoms with van der Waals surface area (Å²) in [6.45, 7) is 1.40. The molecule has 0 rings (SSSR count). The van der Waals surface area contributed by atoms with Crippen molar-refractivity contribution in [1.29, 1.82) is 0 Å². The van der Waals surface area contributed by atoms with Crippen LogP contribution in [-0.2, 0) is 4.74 Å². The zero-order chi connectivity index (χ0) is 4.83. The molecule has 36 valence electrons. The molecule has 2 radical (unpaired) electrons. The molecule has 0 aromatic heterocycles. The lowest BCUT2D eigenvalue weighted by Gasteiger charge is -1.91. The van der Waals surface area contributed by atoms with Gasteiger partial charge in [0.05, 0.1) is 6.61 Å². The van der Waals surface area contributed by atoms with Gasteiger partial charge in [-0.25, -0.2) is 0 Å². The van der Waals surface area contributed by atoms with Crippen molar-refractivity contribution in [3.63, 3.8) is 0 Å². The largest absolute Gasteiger partial charge is 0.383 e. The van der Waals surface area contributed by atoms with Gasteiger partial charge in [-0.2, -0.15) is 0 Å². The van der Waals surface area contributed by atoms with Crippen LogP contribution in [0.3, 0.4) is 0 Å². The number of ether oxygens (including phenoxy) is 1. The molecule has 0 aromatic carbocycles. The minimum absolute atomic E-state index is 0.677. The molecule has 1 N–H and O–H groups in total. The lowest BCUT2D eigenvalue weighted by atomic mass is 10.7. The molecule has 0 aliphatic rings. The van der Waals surface area contributed by atoms with Gasteiger partial charge in [0.1, 0.15) is 0 Å². The average Bonchev–Trinajstić information content (AvgIpc) is 1.61. The van der Waals surface area contributed by atoms with Gasteiger partial charge in [0, 0.05) is 20.7 Å². The molecule has 0 unspecified atom stereocenters. The van der Waals surface area contributed by atoms with E-state index in [0.717, 1.165) is 6.54 Å². The predicted molar refractivity (Wildman–Crippen MR) is 24.2 cm³/mol. The monoisotopic (exact) mass is 87.1 g/mol. The Morgan fingerprint density at radius 2 is 2.50 bits per heavy atom. The van der Waals surface area contributed by atoms with E-state index >= 15 is 0 Å². The molecular formula is C4H9NO. The highest BCUT2D eigenvalue weighted by atomic mass is 16.5. The summed E-state index contributed by atoms with van der Waals surface area (Å²) in [6, 6.07) is 0. The zero-order valence-corrected chi connectivity index (χ0v) is 3.90. The van der Waals surface area contributed by atoms with E-state index in [1.165, 1.54) is 0 Å². The van der Waals surface area contributed by atoms with Gasteiger partial charge in [-0.3, -0.25) is 0 Å². The predicted octanol–water partition coefficient (Wildman–Crippen LogP) is -0.109. The lowest BCUT2D eigenvalue weighted by Crippen LogP contribution is -2.10. The molecule has 0 saturated carbocycles. The third-order valence-corrected chi connectivity index (χ3v) is 0.451. The summed E-state index contributed by atoms with van der Waals surface area (Å²) in [5.41, 5.74) is 0. The molecule has 6 heavy (non-hydrogen) atoms. The fraction of sp³-hybridized carbons (Fsp3) is 0.750. The van der Waals surface area contributed by atoms with Gasteiger partial charge < -0.3 is 10.1 Å². The summed E-state index contributed by atoms with van der Waals surface area (Å²) in [4.78, 5) is 0. The van der Waals surface area contributed by atoms with Crippen LogP contribution in [0.4, 0.5) is 0 Å². The van der Waals surface area contributed by atoms with Gasteiger partial charge in [0.2, 0.25) is 0 Å². The average molecular weight is 87.1 g/mol. The lowest BCUT2D eigenvalue weighted by molar-refractivity contribution is 0.202. The fourth-order valence-electron chi connectivity index (χ4n) is 0.161. The van der Waals surface area contributed by atoms with Gasteiger partial charge in [-0.15, -0.1) is 0 Å². The highest BCUT2D eigenvalue weighted by Gasteiger charge is 1.72. The Labute approximate surface area is 38.5 Å². The van der Waals surface area contributed by atoms with Crippen LogP contribution in [0.2, 0.25) is 0 Å². The third kappa shape index (κ3) is 3.92. The van der Waals surface area contributed by atoms with Crippen LogP contribution in [0.1, 0.15) is 0 Å². The van der Waals surface area contributed by atoms with Gasteiger partial charge in [-0.05, 0) is 0 Å². The summed E-state index contributed by atoms with van der Waals surface area (Å²) >= 11 is 0. The van der Waals surface area contributed by atoms with Crippen LogP contribution in [0.5, 0.6) is 0 Å². The molecule has 0 amide bonds. The maximum absolute atomic E-state index is 4.88. The topological polar surface area (TPSA) is 21.3 Å². The Kier molecular flexibility index (Phi) is 4.85. The number of hydrogen-bond acceptors (Lipinski definition) is 2. The molecule has 0 spiro atoms. The summed E-state index contributed by atoms with van der Waals surface area (Å²) in [7, 11) is 6.52. The van der Waals surface area contributed by atoms with Crippen molar-refractivity contribution < 1.29 is 4.74 Å². The van der Waals surface area contributed by atoms with Gasteiger partial charge in [0.25, 0.3) is 0 Å². The molecule has 0 bridgehead atoms. The number of nitrogens with one attached hydrogen (secondary N) is 1. The van der Waals surface area contributed by atoms with E-state index in [0.29, 0.717) is 6.61 Å². The van der Waals surface area contributed by atoms with Crippen molar-refractivity contribution >= 4 is 0 Å². The Bertz CT molecular complexity index is 19.5.